The van der Waals surface area contributed by atoms with Crippen molar-refractivity contribution in [3.8, 4) is 5.75 Å². The van der Waals surface area contributed by atoms with Gasteiger partial charge in [0.2, 0.25) is 0 Å². The minimum Gasteiger partial charge on any atom is -0.489 e. The molecule has 2 heteroatoms. The fourth-order valence-electron chi connectivity index (χ4n) is 1.90. The first kappa shape index (κ1) is 12.7. The minimum atomic E-state index is 0.144. The number of hydrogen-bond donors (Lipinski definition) is 1. The van der Waals surface area contributed by atoms with Gasteiger partial charge in [-0.2, -0.15) is 0 Å². The minimum absolute atomic E-state index is 0.144. The fourth-order valence-corrected chi connectivity index (χ4v) is 1.90. The number of hydrogen-bond acceptors (Lipinski definition) is 2. The molecule has 0 saturated heterocycles. The average Bonchev–Trinajstić information content (AvgIpc) is 2.40. The summed E-state index contributed by atoms with van der Waals surface area (Å²) in [6, 6.07) is 16.1. The number of benzene rings is 2. The average molecular weight is 242 g/mol. The highest BCUT2D eigenvalue weighted by atomic mass is 16.5. The van der Waals surface area contributed by atoms with E-state index in [1.54, 1.807) is 0 Å². The summed E-state index contributed by atoms with van der Waals surface area (Å²) in [5, 5.41) is 9.02. The summed E-state index contributed by atoms with van der Waals surface area (Å²) in [4.78, 5) is 0. The molecule has 2 nitrogen and oxygen atoms in total. The van der Waals surface area contributed by atoms with Gasteiger partial charge in [-0.15, -0.1) is 0 Å². The summed E-state index contributed by atoms with van der Waals surface area (Å²) >= 11 is 0. The largest absolute Gasteiger partial charge is 0.489 e. The summed E-state index contributed by atoms with van der Waals surface area (Å²) in [6.07, 6.45) is 0.629. The molecule has 0 aromatic heterocycles. The Morgan fingerprint density at radius 3 is 2.33 bits per heavy atom. The summed E-state index contributed by atoms with van der Waals surface area (Å²) in [5.74, 6) is 0.856. The lowest BCUT2D eigenvalue weighted by Gasteiger charge is -2.12. The van der Waals surface area contributed by atoms with Crippen LogP contribution in [0, 0.1) is 6.92 Å². The van der Waals surface area contributed by atoms with Crippen molar-refractivity contribution >= 4 is 0 Å². The molecule has 0 saturated carbocycles. The molecule has 0 heterocycles. The number of aryl methyl sites for hydroxylation is 1. The van der Waals surface area contributed by atoms with E-state index in [4.69, 9.17) is 9.84 Å². The standard InChI is InChI=1S/C16H18O2/c1-13-6-2-3-8-15(13)12-18-16-9-5-4-7-14(16)10-11-17/h2-9,17H,10-12H2,1H3. The number of rotatable bonds is 5. The van der Waals surface area contributed by atoms with E-state index in [-0.39, 0.29) is 6.61 Å². The van der Waals surface area contributed by atoms with Crippen molar-refractivity contribution in [1.29, 1.82) is 0 Å². The highest BCUT2D eigenvalue weighted by Gasteiger charge is 2.03. The van der Waals surface area contributed by atoms with Gasteiger partial charge >= 0.3 is 0 Å². The molecule has 0 unspecified atom stereocenters. The molecule has 1 N–H and O–H groups in total. The Kier molecular flexibility index (Phi) is 4.37. The van der Waals surface area contributed by atoms with Crippen LogP contribution in [0.2, 0.25) is 0 Å². The van der Waals surface area contributed by atoms with Crippen molar-refractivity contribution in [3.63, 3.8) is 0 Å². The monoisotopic (exact) mass is 242 g/mol. The molecule has 0 aliphatic carbocycles. The van der Waals surface area contributed by atoms with Crippen LogP contribution in [0.4, 0.5) is 0 Å². The van der Waals surface area contributed by atoms with Crippen LogP contribution in [0.25, 0.3) is 0 Å². The molecule has 0 radical (unpaired) electrons. The number of aliphatic hydroxyl groups is 1. The van der Waals surface area contributed by atoms with E-state index in [1.807, 2.05) is 36.4 Å². The maximum Gasteiger partial charge on any atom is 0.123 e. The third kappa shape index (κ3) is 3.11. The Hall–Kier alpha value is -1.80. The quantitative estimate of drug-likeness (QED) is 0.873. The smallest absolute Gasteiger partial charge is 0.123 e. The molecular weight excluding hydrogens is 224 g/mol. The molecule has 2 aromatic rings. The summed E-state index contributed by atoms with van der Waals surface area (Å²) in [7, 11) is 0. The van der Waals surface area contributed by atoms with Crippen LogP contribution in [0.3, 0.4) is 0 Å². The van der Waals surface area contributed by atoms with Crippen molar-refractivity contribution in [1.82, 2.24) is 0 Å². The third-order valence-electron chi connectivity index (χ3n) is 3.00. The van der Waals surface area contributed by atoms with Gasteiger partial charge in [-0.3, -0.25) is 0 Å². The zero-order chi connectivity index (χ0) is 12.8. The molecule has 2 aromatic carbocycles. The van der Waals surface area contributed by atoms with Gasteiger partial charge in [-0.05, 0) is 36.1 Å². The molecule has 0 atom stereocenters. The Balaban J connectivity index is 2.08. The number of aliphatic hydroxyl groups excluding tert-OH is 1. The Labute approximate surface area is 108 Å². The van der Waals surface area contributed by atoms with Crippen LogP contribution < -0.4 is 4.74 Å². The lowest BCUT2D eigenvalue weighted by Crippen LogP contribution is -2.01. The zero-order valence-electron chi connectivity index (χ0n) is 10.6. The van der Waals surface area contributed by atoms with Gasteiger partial charge in [-0.25, -0.2) is 0 Å². The van der Waals surface area contributed by atoms with E-state index in [0.29, 0.717) is 13.0 Å². The molecular formula is C16H18O2. The van der Waals surface area contributed by atoms with E-state index < -0.39 is 0 Å². The second kappa shape index (κ2) is 6.22. The van der Waals surface area contributed by atoms with Crippen molar-refractivity contribution in [3.05, 3.63) is 65.2 Å². The third-order valence-corrected chi connectivity index (χ3v) is 3.00. The van der Waals surface area contributed by atoms with Gasteiger partial charge in [-0.1, -0.05) is 42.5 Å². The Morgan fingerprint density at radius 2 is 1.61 bits per heavy atom. The van der Waals surface area contributed by atoms with Crippen molar-refractivity contribution in [2.45, 2.75) is 20.0 Å². The maximum absolute atomic E-state index is 9.02. The van der Waals surface area contributed by atoms with Crippen LogP contribution in [0.5, 0.6) is 5.75 Å². The number of ether oxygens (including phenoxy) is 1. The first-order chi connectivity index (χ1) is 8.81. The zero-order valence-corrected chi connectivity index (χ0v) is 10.6. The summed E-state index contributed by atoms with van der Waals surface area (Å²) in [6.45, 7) is 2.79. The van der Waals surface area contributed by atoms with E-state index in [2.05, 4.69) is 19.1 Å². The predicted molar refractivity (Wildman–Crippen MR) is 72.7 cm³/mol. The normalized spacial score (nSPS) is 10.3. The highest BCUT2D eigenvalue weighted by molar-refractivity contribution is 5.34. The van der Waals surface area contributed by atoms with Crippen LogP contribution in [-0.2, 0) is 13.0 Å². The van der Waals surface area contributed by atoms with E-state index in [9.17, 15) is 0 Å². The van der Waals surface area contributed by atoms with Gasteiger partial charge in [0.05, 0.1) is 0 Å². The van der Waals surface area contributed by atoms with Gasteiger partial charge in [0.25, 0.3) is 0 Å². The van der Waals surface area contributed by atoms with E-state index in [0.717, 1.165) is 11.3 Å². The van der Waals surface area contributed by atoms with Crippen molar-refractivity contribution < 1.29 is 9.84 Å². The summed E-state index contributed by atoms with van der Waals surface area (Å²) < 4.78 is 5.85. The molecule has 0 spiro atoms. The fraction of sp³-hybridized carbons (Fsp3) is 0.250. The maximum atomic E-state index is 9.02. The van der Waals surface area contributed by atoms with E-state index in [1.165, 1.54) is 11.1 Å². The topological polar surface area (TPSA) is 29.5 Å². The van der Waals surface area contributed by atoms with Crippen LogP contribution >= 0.6 is 0 Å². The second-order valence-corrected chi connectivity index (χ2v) is 4.30. The van der Waals surface area contributed by atoms with Crippen molar-refractivity contribution in [2.24, 2.45) is 0 Å². The van der Waals surface area contributed by atoms with Gasteiger partial charge in [0.15, 0.2) is 0 Å². The van der Waals surface area contributed by atoms with Crippen LogP contribution in [0.15, 0.2) is 48.5 Å². The van der Waals surface area contributed by atoms with Gasteiger partial charge in [0.1, 0.15) is 12.4 Å². The molecule has 2 rings (SSSR count). The molecule has 18 heavy (non-hydrogen) atoms. The molecule has 0 aliphatic rings. The predicted octanol–water partition coefficient (Wildman–Crippen LogP) is 3.11. The van der Waals surface area contributed by atoms with Crippen LogP contribution in [0.1, 0.15) is 16.7 Å². The molecule has 0 aliphatic heterocycles. The lowest BCUT2D eigenvalue weighted by atomic mass is 10.1. The SMILES string of the molecule is Cc1ccccc1COc1ccccc1CCO. The second-order valence-electron chi connectivity index (χ2n) is 4.30. The summed E-state index contributed by atoms with van der Waals surface area (Å²) in [5.41, 5.74) is 3.47. The van der Waals surface area contributed by atoms with Crippen molar-refractivity contribution in [2.75, 3.05) is 6.61 Å². The van der Waals surface area contributed by atoms with Gasteiger partial charge in [0, 0.05) is 6.61 Å². The molecule has 0 fully saturated rings. The Morgan fingerprint density at radius 1 is 0.944 bits per heavy atom. The van der Waals surface area contributed by atoms with Gasteiger partial charge < -0.3 is 9.84 Å². The highest BCUT2D eigenvalue weighted by Crippen LogP contribution is 2.20. The Bertz CT molecular complexity index is 506. The van der Waals surface area contributed by atoms with E-state index >= 15 is 0 Å². The lowest BCUT2D eigenvalue weighted by molar-refractivity contribution is 0.283. The molecule has 0 amide bonds. The number of para-hydroxylation sites is 1. The van der Waals surface area contributed by atoms with Crippen LogP contribution in [-0.4, -0.2) is 11.7 Å². The molecule has 0 bridgehead atoms. The first-order valence-corrected chi connectivity index (χ1v) is 6.17. The molecule has 94 valence electrons. The first-order valence-electron chi connectivity index (χ1n) is 6.17.